The SMILES string of the molecule is CCCCCOc1ccc(Nc2ncc(C(F)(F)F)c(Nc3ccccc3CC)n2)cc1. The van der Waals surface area contributed by atoms with Crippen molar-refractivity contribution in [2.75, 3.05) is 17.2 Å². The first kappa shape index (κ1) is 23.4. The quantitative estimate of drug-likeness (QED) is 0.326. The second-order valence-corrected chi connectivity index (χ2v) is 7.29. The van der Waals surface area contributed by atoms with Gasteiger partial charge in [0, 0.05) is 17.6 Å². The summed E-state index contributed by atoms with van der Waals surface area (Å²) in [5.74, 6) is 0.497. The predicted octanol–water partition coefficient (Wildman–Crippen LogP) is 7.11. The lowest BCUT2D eigenvalue weighted by atomic mass is 10.1. The first-order valence-corrected chi connectivity index (χ1v) is 10.7. The molecule has 0 saturated carbocycles. The summed E-state index contributed by atoms with van der Waals surface area (Å²) in [5.41, 5.74) is 1.19. The van der Waals surface area contributed by atoms with E-state index < -0.39 is 11.7 Å². The molecule has 1 aromatic heterocycles. The van der Waals surface area contributed by atoms with Crippen LogP contribution in [0.15, 0.2) is 54.7 Å². The van der Waals surface area contributed by atoms with Crippen molar-refractivity contribution in [1.29, 1.82) is 0 Å². The highest BCUT2D eigenvalue weighted by Crippen LogP contribution is 2.36. The summed E-state index contributed by atoms with van der Waals surface area (Å²) in [6.07, 6.45) is 0.112. The van der Waals surface area contributed by atoms with Gasteiger partial charge in [-0.1, -0.05) is 44.9 Å². The van der Waals surface area contributed by atoms with E-state index in [1.807, 2.05) is 19.1 Å². The summed E-state index contributed by atoms with van der Waals surface area (Å²) < 4.78 is 46.3. The highest BCUT2D eigenvalue weighted by Gasteiger charge is 2.35. The van der Waals surface area contributed by atoms with Crippen LogP contribution in [0.1, 0.15) is 44.2 Å². The molecule has 0 radical (unpaired) electrons. The number of nitrogens with one attached hydrogen (secondary N) is 2. The zero-order chi connectivity index (χ0) is 23.0. The lowest BCUT2D eigenvalue weighted by molar-refractivity contribution is -0.137. The van der Waals surface area contributed by atoms with Gasteiger partial charge < -0.3 is 15.4 Å². The van der Waals surface area contributed by atoms with Gasteiger partial charge in [0.05, 0.1) is 6.61 Å². The van der Waals surface area contributed by atoms with Gasteiger partial charge in [0.25, 0.3) is 0 Å². The minimum atomic E-state index is -4.58. The Hall–Kier alpha value is -3.29. The van der Waals surface area contributed by atoms with Crippen LogP contribution in [0.3, 0.4) is 0 Å². The maximum absolute atomic E-state index is 13.5. The summed E-state index contributed by atoms with van der Waals surface area (Å²) in [6.45, 7) is 4.72. The van der Waals surface area contributed by atoms with Gasteiger partial charge in [0.1, 0.15) is 17.1 Å². The number of anilines is 4. The zero-order valence-corrected chi connectivity index (χ0v) is 18.2. The number of unbranched alkanes of at least 4 members (excludes halogenated alkanes) is 2. The number of benzene rings is 2. The molecule has 0 spiro atoms. The first-order valence-electron chi connectivity index (χ1n) is 10.7. The fourth-order valence-electron chi connectivity index (χ4n) is 3.13. The molecule has 0 aliphatic rings. The minimum absolute atomic E-state index is 0.0612. The molecule has 2 aromatic carbocycles. The van der Waals surface area contributed by atoms with Gasteiger partial charge in [-0.05, 0) is 48.7 Å². The molecule has 2 N–H and O–H groups in total. The summed E-state index contributed by atoms with van der Waals surface area (Å²) in [4.78, 5) is 7.98. The zero-order valence-electron chi connectivity index (χ0n) is 18.2. The molecule has 0 bridgehead atoms. The lowest BCUT2D eigenvalue weighted by Crippen LogP contribution is -2.13. The van der Waals surface area contributed by atoms with Crippen LogP contribution in [0.4, 0.5) is 36.3 Å². The molecule has 0 amide bonds. The van der Waals surface area contributed by atoms with E-state index in [-0.39, 0.29) is 11.8 Å². The molecule has 3 aromatic rings. The standard InChI is InChI=1S/C24H27F3N4O/c1-3-5-8-15-32-19-13-11-18(12-14-19)29-23-28-16-20(24(25,26)27)22(31-23)30-21-10-7-6-9-17(21)4-2/h6-7,9-14,16H,3-5,8,15H2,1-2H3,(H2,28,29,30,31). The van der Waals surface area contributed by atoms with Gasteiger partial charge in [-0.15, -0.1) is 0 Å². The molecule has 32 heavy (non-hydrogen) atoms. The number of hydrogen-bond donors (Lipinski definition) is 2. The third-order valence-electron chi connectivity index (χ3n) is 4.87. The average molecular weight is 445 g/mol. The van der Waals surface area contributed by atoms with E-state index in [4.69, 9.17) is 4.74 Å². The molecule has 0 atom stereocenters. The fraction of sp³-hybridized carbons (Fsp3) is 0.333. The Morgan fingerprint density at radius 1 is 0.938 bits per heavy atom. The Morgan fingerprint density at radius 2 is 1.69 bits per heavy atom. The Bertz CT molecular complexity index is 1010. The number of alkyl halides is 3. The van der Waals surface area contributed by atoms with Gasteiger partial charge >= 0.3 is 6.18 Å². The summed E-state index contributed by atoms with van der Waals surface area (Å²) in [7, 11) is 0. The van der Waals surface area contributed by atoms with Crippen LogP contribution in [-0.2, 0) is 12.6 Å². The second kappa shape index (κ2) is 10.8. The van der Waals surface area contributed by atoms with E-state index in [1.54, 1.807) is 36.4 Å². The van der Waals surface area contributed by atoms with E-state index in [0.29, 0.717) is 24.4 Å². The van der Waals surface area contributed by atoms with Crippen molar-refractivity contribution in [3.8, 4) is 5.75 Å². The molecule has 8 heteroatoms. The second-order valence-electron chi connectivity index (χ2n) is 7.29. The molecule has 0 saturated heterocycles. The molecule has 1 heterocycles. The van der Waals surface area contributed by atoms with Gasteiger partial charge in [-0.2, -0.15) is 18.2 Å². The van der Waals surface area contributed by atoms with E-state index in [1.165, 1.54) is 0 Å². The number of para-hydroxylation sites is 1. The van der Waals surface area contributed by atoms with Crippen molar-refractivity contribution in [2.24, 2.45) is 0 Å². The largest absolute Gasteiger partial charge is 0.494 e. The van der Waals surface area contributed by atoms with E-state index in [2.05, 4.69) is 27.5 Å². The molecular formula is C24H27F3N4O. The van der Waals surface area contributed by atoms with Crippen LogP contribution in [-0.4, -0.2) is 16.6 Å². The molecule has 0 fully saturated rings. The minimum Gasteiger partial charge on any atom is -0.494 e. The average Bonchev–Trinajstić information content (AvgIpc) is 2.77. The van der Waals surface area contributed by atoms with Gasteiger partial charge in [0.15, 0.2) is 0 Å². The fourth-order valence-corrected chi connectivity index (χ4v) is 3.13. The van der Waals surface area contributed by atoms with Crippen LogP contribution in [0.25, 0.3) is 0 Å². The third kappa shape index (κ3) is 6.35. The molecule has 3 rings (SSSR count). The van der Waals surface area contributed by atoms with Crippen molar-refractivity contribution in [3.05, 3.63) is 65.9 Å². The van der Waals surface area contributed by atoms with Crippen molar-refractivity contribution in [3.63, 3.8) is 0 Å². The molecule has 0 aliphatic heterocycles. The van der Waals surface area contributed by atoms with Crippen molar-refractivity contribution in [1.82, 2.24) is 9.97 Å². The smallest absolute Gasteiger partial charge is 0.421 e. The Kier molecular flexibility index (Phi) is 7.92. The number of hydrogen-bond acceptors (Lipinski definition) is 5. The maximum Gasteiger partial charge on any atom is 0.421 e. The van der Waals surface area contributed by atoms with Crippen LogP contribution in [0.5, 0.6) is 5.75 Å². The Balaban J connectivity index is 1.78. The number of nitrogens with zero attached hydrogens (tertiary/aromatic N) is 2. The lowest BCUT2D eigenvalue weighted by Gasteiger charge is -2.16. The first-order chi connectivity index (χ1) is 15.4. The number of halogens is 3. The highest BCUT2D eigenvalue weighted by molar-refractivity contribution is 5.65. The van der Waals surface area contributed by atoms with Gasteiger partial charge in [-0.25, -0.2) is 4.98 Å². The van der Waals surface area contributed by atoms with Crippen LogP contribution in [0, 0.1) is 0 Å². The normalized spacial score (nSPS) is 11.3. The maximum atomic E-state index is 13.5. The summed E-state index contributed by atoms with van der Waals surface area (Å²) >= 11 is 0. The number of aromatic nitrogens is 2. The van der Waals surface area contributed by atoms with E-state index >= 15 is 0 Å². The van der Waals surface area contributed by atoms with Crippen molar-refractivity contribution < 1.29 is 17.9 Å². The molecular weight excluding hydrogens is 417 g/mol. The molecule has 5 nitrogen and oxygen atoms in total. The van der Waals surface area contributed by atoms with Crippen molar-refractivity contribution in [2.45, 2.75) is 45.7 Å². The number of aryl methyl sites for hydroxylation is 1. The Morgan fingerprint density at radius 3 is 2.38 bits per heavy atom. The molecule has 0 unspecified atom stereocenters. The van der Waals surface area contributed by atoms with Crippen LogP contribution >= 0.6 is 0 Å². The monoisotopic (exact) mass is 444 g/mol. The Labute approximate surface area is 186 Å². The molecule has 170 valence electrons. The number of ether oxygens (including phenoxy) is 1. The summed E-state index contributed by atoms with van der Waals surface area (Å²) in [5, 5.41) is 5.79. The predicted molar refractivity (Wildman–Crippen MR) is 121 cm³/mol. The van der Waals surface area contributed by atoms with Gasteiger partial charge in [0.2, 0.25) is 5.95 Å². The number of rotatable bonds is 10. The molecule has 0 aliphatic carbocycles. The third-order valence-corrected chi connectivity index (χ3v) is 4.87. The van der Waals surface area contributed by atoms with E-state index in [9.17, 15) is 13.2 Å². The topological polar surface area (TPSA) is 59.1 Å². The summed E-state index contributed by atoms with van der Waals surface area (Å²) in [6, 6.07) is 14.4. The van der Waals surface area contributed by atoms with E-state index in [0.717, 1.165) is 36.8 Å². The van der Waals surface area contributed by atoms with Crippen LogP contribution < -0.4 is 15.4 Å². The van der Waals surface area contributed by atoms with Gasteiger partial charge in [-0.3, -0.25) is 0 Å². The highest BCUT2D eigenvalue weighted by atomic mass is 19.4. The van der Waals surface area contributed by atoms with Crippen LogP contribution in [0.2, 0.25) is 0 Å². The van der Waals surface area contributed by atoms with Crippen molar-refractivity contribution >= 4 is 23.1 Å².